The molecule has 1 fully saturated rings. The Balaban J connectivity index is 1.40. The van der Waals surface area contributed by atoms with Crippen molar-refractivity contribution in [1.82, 2.24) is 20.5 Å². The van der Waals surface area contributed by atoms with Crippen LogP contribution < -0.4 is 10.6 Å². The second-order valence-electron chi connectivity index (χ2n) is 8.68. The number of nitrogens with zero attached hydrogens (tertiary/aromatic N) is 3. The zero-order valence-corrected chi connectivity index (χ0v) is 20.3. The van der Waals surface area contributed by atoms with Gasteiger partial charge in [0.15, 0.2) is 5.67 Å². The fourth-order valence-corrected chi connectivity index (χ4v) is 4.94. The summed E-state index contributed by atoms with van der Waals surface area (Å²) in [4.78, 5) is 30.6. The molecule has 1 unspecified atom stereocenters. The highest BCUT2D eigenvalue weighted by Crippen LogP contribution is 2.37. The zero-order chi connectivity index (χ0) is 26.2. The van der Waals surface area contributed by atoms with Crippen LogP contribution in [0.3, 0.4) is 0 Å². The molecular weight excluding hydrogens is 498 g/mol. The molecule has 2 atom stereocenters. The molecular formula is C24H27F4N5O2S. The van der Waals surface area contributed by atoms with Gasteiger partial charge in [0.25, 0.3) is 5.91 Å². The van der Waals surface area contributed by atoms with Gasteiger partial charge in [0.1, 0.15) is 5.01 Å². The molecule has 0 aliphatic carbocycles. The fourth-order valence-electron chi connectivity index (χ4n) is 4.15. The van der Waals surface area contributed by atoms with E-state index in [4.69, 9.17) is 5.26 Å². The van der Waals surface area contributed by atoms with Gasteiger partial charge in [0.05, 0.1) is 18.2 Å². The minimum atomic E-state index is -4.56. The Hall–Kier alpha value is -3.04. The summed E-state index contributed by atoms with van der Waals surface area (Å²) in [5, 5.41) is 16.1. The highest BCUT2D eigenvalue weighted by atomic mass is 32.1. The number of nitrogens with one attached hydrogen (secondary N) is 2. The Kier molecular flexibility index (Phi) is 9.39. The minimum Gasteiger partial charge on any atom is -0.350 e. The van der Waals surface area contributed by atoms with Crippen molar-refractivity contribution in [2.75, 3.05) is 26.2 Å². The Morgan fingerprint density at radius 1 is 1.25 bits per heavy atom. The Bertz CT molecular complexity index is 1070. The quantitative estimate of drug-likeness (QED) is 0.432. The first-order chi connectivity index (χ1) is 17.1. The monoisotopic (exact) mass is 525 g/mol. The third kappa shape index (κ3) is 7.73. The lowest BCUT2D eigenvalue weighted by molar-refractivity contribution is -0.137. The van der Waals surface area contributed by atoms with Gasteiger partial charge in [0, 0.05) is 49.1 Å². The van der Waals surface area contributed by atoms with Crippen molar-refractivity contribution in [2.24, 2.45) is 0 Å². The fraction of sp³-hybridized carbons (Fsp3) is 0.500. The summed E-state index contributed by atoms with van der Waals surface area (Å²) < 4.78 is 53.9. The maximum atomic E-state index is 15.5. The van der Waals surface area contributed by atoms with Crippen LogP contribution in [-0.2, 0) is 16.6 Å². The Morgan fingerprint density at radius 3 is 2.75 bits per heavy atom. The second-order valence-corrected chi connectivity index (χ2v) is 9.57. The number of likely N-dealkylation sites (tertiary alicyclic amines) is 1. The number of thiazole rings is 1. The molecule has 2 amide bonds. The lowest BCUT2D eigenvalue weighted by atomic mass is 9.95. The van der Waals surface area contributed by atoms with E-state index in [1.54, 1.807) is 11.6 Å². The van der Waals surface area contributed by atoms with Crippen LogP contribution in [0.2, 0.25) is 0 Å². The van der Waals surface area contributed by atoms with Crippen molar-refractivity contribution in [2.45, 2.75) is 50.0 Å². The van der Waals surface area contributed by atoms with Gasteiger partial charge >= 0.3 is 6.18 Å². The molecule has 194 valence electrons. The van der Waals surface area contributed by atoms with Crippen molar-refractivity contribution < 1.29 is 27.2 Å². The first kappa shape index (κ1) is 27.5. The minimum absolute atomic E-state index is 0.0991. The summed E-state index contributed by atoms with van der Waals surface area (Å²) in [5.41, 5.74) is -2.75. The number of amides is 2. The van der Waals surface area contributed by atoms with Gasteiger partial charge in [-0.3, -0.25) is 9.59 Å². The highest BCUT2D eigenvalue weighted by molar-refractivity contribution is 7.09. The molecule has 1 aliphatic heterocycles. The number of nitriles is 1. The molecule has 3 rings (SSSR count). The lowest BCUT2D eigenvalue weighted by Gasteiger charge is -2.24. The number of carbonyl (C=O) groups excluding carboxylic acids is 2. The van der Waals surface area contributed by atoms with Gasteiger partial charge in [-0.25, -0.2) is 9.37 Å². The average Bonchev–Trinajstić information content (AvgIpc) is 3.54. The van der Waals surface area contributed by atoms with Crippen molar-refractivity contribution in [3.8, 4) is 6.07 Å². The van der Waals surface area contributed by atoms with Crippen LogP contribution in [-0.4, -0.2) is 53.9 Å². The molecule has 1 aliphatic rings. The van der Waals surface area contributed by atoms with Crippen molar-refractivity contribution in [3.63, 3.8) is 0 Å². The molecule has 2 N–H and O–H groups in total. The van der Waals surface area contributed by atoms with Crippen LogP contribution in [0.4, 0.5) is 17.6 Å². The number of benzene rings is 1. The maximum Gasteiger partial charge on any atom is 0.416 e. The number of aromatic nitrogens is 1. The van der Waals surface area contributed by atoms with E-state index >= 15 is 4.39 Å². The highest BCUT2D eigenvalue weighted by Gasteiger charge is 2.34. The molecule has 36 heavy (non-hydrogen) atoms. The van der Waals surface area contributed by atoms with Crippen molar-refractivity contribution in [1.29, 1.82) is 5.26 Å². The van der Waals surface area contributed by atoms with Crippen LogP contribution in [0.25, 0.3) is 0 Å². The van der Waals surface area contributed by atoms with Crippen LogP contribution in [0.1, 0.15) is 53.0 Å². The average molecular weight is 526 g/mol. The predicted octanol–water partition coefficient (Wildman–Crippen LogP) is 4.03. The van der Waals surface area contributed by atoms with E-state index in [0.717, 1.165) is 24.7 Å². The Labute approximate surface area is 210 Å². The number of hydrogen-bond acceptors (Lipinski definition) is 6. The smallest absolute Gasteiger partial charge is 0.350 e. The predicted molar refractivity (Wildman–Crippen MR) is 126 cm³/mol. The molecule has 1 aromatic heterocycles. The number of alkyl halides is 4. The first-order valence-electron chi connectivity index (χ1n) is 11.5. The first-order valence-corrected chi connectivity index (χ1v) is 12.4. The molecule has 2 aromatic rings. The molecule has 0 radical (unpaired) electrons. The van der Waals surface area contributed by atoms with E-state index < -0.39 is 29.2 Å². The number of hydrogen-bond donors (Lipinski definition) is 2. The van der Waals surface area contributed by atoms with Crippen LogP contribution >= 0.6 is 11.3 Å². The normalized spacial score (nSPS) is 17.8. The molecule has 12 heteroatoms. The van der Waals surface area contributed by atoms with Crippen LogP contribution in [0.5, 0.6) is 0 Å². The molecule has 0 bridgehead atoms. The van der Waals surface area contributed by atoms with Gasteiger partial charge < -0.3 is 15.5 Å². The summed E-state index contributed by atoms with van der Waals surface area (Å²) in [6, 6.07) is 5.84. The third-order valence-electron chi connectivity index (χ3n) is 6.00. The number of carbonyl (C=O) groups is 2. The number of halogens is 4. The van der Waals surface area contributed by atoms with E-state index in [9.17, 15) is 22.8 Å². The van der Waals surface area contributed by atoms with Gasteiger partial charge in [0.2, 0.25) is 5.91 Å². The summed E-state index contributed by atoms with van der Waals surface area (Å²) in [5.74, 6) is -1.21. The summed E-state index contributed by atoms with van der Waals surface area (Å²) in [6.07, 6.45) is -1.30. The van der Waals surface area contributed by atoms with Gasteiger partial charge in [-0.1, -0.05) is 6.07 Å². The van der Waals surface area contributed by atoms with Crippen molar-refractivity contribution in [3.05, 3.63) is 52.0 Å². The van der Waals surface area contributed by atoms with E-state index in [-0.39, 0.29) is 37.4 Å². The summed E-state index contributed by atoms with van der Waals surface area (Å²) in [6.45, 7) is 1.56. The Morgan fingerprint density at radius 2 is 2.06 bits per heavy atom. The second kappa shape index (κ2) is 12.3. The topological polar surface area (TPSA) is 98.1 Å². The van der Waals surface area contributed by atoms with E-state index in [0.29, 0.717) is 30.9 Å². The maximum absolute atomic E-state index is 15.5. The molecule has 2 heterocycles. The van der Waals surface area contributed by atoms with Gasteiger partial charge in [-0.15, -0.1) is 11.3 Å². The van der Waals surface area contributed by atoms with E-state index in [1.807, 2.05) is 6.07 Å². The van der Waals surface area contributed by atoms with E-state index in [2.05, 4.69) is 20.5 Å². The standard InChI is InChI=1S/C24H27F4N5O2S/c25-23(7-2-9-29,22-30-10-13-36-22)8-3-11-33-12-6-19(16-33)32-20(34)15-31-21(35)17-4-1-5-18(14-17)24(26,27)28/h1,4-5,10,13-14,19H,2-3,6-8,11-12,15-16H2,(H,31,35)(H,32,34)/t19-,23?/m1/s1. The molecule has 0 saturated carbocycles. The largest absolute Gasteiger partial charge is 0.416 e. The van der Waals surface area contributed by atoms with Crippen LogP contribution in [0.15, 0.2) is 35.8 Å². The SMILES string of the molecule is N#CCCC(F)(CCCN1CC[C@@H](NC(=O)CNC(=O)c2cccc(C(F)(F)F)c2)C1)c1nccs1. The summed E-state index contributed by atoms with van der Waals surface area (Å²) in [7, 11) is 0. The third-order valence-corrected chi connectivity index (χ3v) is 6.95. The number of rotatable bonds is 11. The van der Waals surface area contributed by atoms with E-state index in [1.165, 1.54) is 17.4 Å². The van der Waals surface area contributed by atoms with Gasteiger partial charge in [-0.2, -0.15) is 18.4 Å². The molecule has 0 spiro atoms. The molecule has 1 aromatic carbocycles. The van der Waals surface area contributed by atoms with Gasteiger partial charge in [-0.05, 0) is 44.0 Å². The summed E-state index contributed by atoms with van der Waals surface area (Å²) >= 11 is 1.24. The molecule has 7 nitrogen and oxygen atoms in total. The van der Waals surface area contributed by atoms with Crippen molar-refractivity contribution >= 4 is 23.2 Å². The van der Waals surface area contributed by atoms with Crippen LogP contribution in [0, 0.1) is 11.3 Å². The zero-order valence-electron chi connectivity index (χ0n) is 19.5. The molecule has 1 saturated heterocycles. The lowest BCUT2D eigenvalue weighted by Crippen LogP contribution is -2.43.